The Bertz CT molecular complexity index is 592. The van der Waals surface area contributed by atoms with Gasteiger partial charge in [-0.05, 0) is 31.4 Å². The van der Waals surface area contributed by atoms with Crippen molar-refractivity contribution in [1.29, 1.82) is 0 Å². The van der Waals surface area contributed by atoms with E-state index < -0.39 is 0 Å². The Hall–Kier alpha value is -1.91. The van der Waals surface area contributed by atoms with Gasteiger partial charge in [-0.2, -0.15) is 4.98 Å². The van der Waals surface area contributed by atoms with Gasteiger partial charge in [-0.1, -0.05) is 26.2 Å². The summed E-state index contributed by atoms with van der Waals surface area (Å²) >= 11 is 0. The van der Waals surface area contributed by atoms with Gasteiger partial charge < -0.3 is 10.6 Å². The molecule has 1 fully saturated rings. The fraction of sp³-hybridized carbons (Fsp3) is 0.562. The van der Waals surface area contributed by atoms with Crippen molar-refractivity contribution >= 4 is 22.8 Å². The van der Waals surface area contributed by atoms with Crippen molar-refractivity contribution in [2.24, 2.45) is 0 Å². The molecule has 5 nitrogen and oxygen atoms in total. The molecule has 3 rings (SSSR count). The molecule has 0 aromatic carbocycles. The largest absolute Gasteiger partial charge is 0.365 e. The number of anilines is 2. The standard InChI is InChI=1S/C16H23N5/c1-2-3-10-18-16-20-13-9-6-11-17-14(13)15(21-16)19-12-7-4-5-8-12/h6,9,11-12H,2-5,7-8,10H2,1H3,(H2,18,19,20,21). The van der Waals surface area contributed by atoms with E-state index in [1.54, 1.807) is 6.20 Å². The summed E-state index contributed by atoms with van der Waals surface area (Å²) in [6.45, 7) is 3.09. The summed E-state index contributed by atoms with van der Waals surface area (Å²) in [5.74, 6) is 1.57. The molecule has 21 heavy (non-hydrogen) atoms. The van der Waals surface area contributed by atoms with E-state index in [9.17, 15) is 0 Å². The molecule has 1 aliphatic carbocycles. The van der Waals surface area contributed by atoms with Gasteiger partial charge in [-0.25, -0.2) is 4.98 Å². The lowest BCUT2D eigenvalue weighted by atomic mass is 10.2. The molecule has 2 aromatic heterocycles. The summed E-state index contributed by atoms with van der Waals surface area (Å²) in [4.78, 5) is 13.6. The Balaban J connectivity index is 1.87. The van der Waals surface area contributed by atoms with E-state index in [1.165, 1.54) is 25.7 Å². The molecule has 1 aliphatic rings. The van der Waals surface area contributed by atoms with Crippen LogP contribution in [0.4, 0.5) is 11.8 Å². The number of hydrogen-bond donors (Lipinski definition) is 2. The van der Waals surface area contributed by atoms with Crippen molar-refractivity contribution < 1.29 is 0 Å². The van der Waals surface area contributed by atoms with Crippen molar-refractivity contribution in [2.75, 3.05) is 17.2 Å². The number of fused-ring (bicyclic) bond motifs is 1. The van der Waals surface area contributed by atoms with E-state index in [0.717, 1.165) is 36.2 Å². The topological polar surface area (TPSA) is 62.7 Å². The summed E-state index contributed by atoms with van der Waals surface area (Å²) in [5.41, 5.74) is 1.76. The number of rotatable bonds is 6. The lowest BCUT2D eigenvalue weighted by molar-refractivity contribution is 0.751. The summed E-state index contributed by atoms with van der Waals surface area (Å²) in [5, 5.41) is 6.87. The smallest absolute Gasteiger partial charge is 0.225 e. The third kappa shape index (κ3) is 3.40. The molecule has 0 spiro atoms. The monoisotopic (exact) mass is 285 g/mol. The highest BCUT2D eigenvalue weighted by molar-refractivity contribution is 5.86. The molecule has 0 bridgehead atoms. The molecular formula is C16H23N5. The van der Waals surface area contributed by atoms with Crippen LogP contribution in [0.25, 0.3) is 11.0 Å². The van der Waals surface area contributed by atoms with Gasteiger partial charge >= 0.3 is 0 Å². The van der Waals surface area contributed by atoms with Crippen molar-refractivity contribution in [3.8, 4) is 0 Å². The Morgan fingerprint density at radius 1 is 1.24 bits per heavy atom. The van der Waals surface area contributed by atoms with E-state index in [2.05, 4.69) is 32.5 Å². The zero-order valence-electron chi connectivity index (χ0n) is 12.6. The first-order chi connectivity index (χ1) is 10.4. The highest BCUT2D eigenvalue weighted by Crippen LogP contribution is 2.25. The molecule has 0 atom stereocenters. The van der Waals surface area contributed by atoms with Crippen LogP contribution in [0.5, 0.6) is 0 Å². The lowest BCUT2D eigenvalue weighted by Crippen LogP contribution is -2.17. The van der Waals surface area contributed by atoms with Gasteiger partial charge in [-0.3, -0.25) is 4.98 Å². The van der Waals surface area contributed by atoms with Crippen LogP contribution in [-0.4, -0.2) is 27.5 Å². The number of pyridine rings is 1. The van der Waals surface area contributed by atoms with Crippen molar-refractivity contribution in [3.05, 3.63) is 18.3 Å². The van der Waals surface area contributed by atoms with Crippen LogP contribution in [0.15, 0.2) is 18.3 Å². The highest BCUT2D eigenvalue weighted by Gasteiger charge is 2.17. The summed E-state index contributed by atoms with van der Waals surface area (Å²) in [6, 6.07) is 4.44. The average molecular weight is 285 g/mol. The number of nitrogens with zero attached hydrogens (tertiary/aromatic N) is 3. The molecule has 2 heterocycles. The first-order valence-electron chi connectivity index (χ1n) is 8.00. The Morgan fingerprint density at radius 2 is 2.10 bits per heavy atom. The SMILES string of the molecule is CCCCNc1nc(NC2CCCC2)c2ncccc2n1. The van der Waals surface area contributed by atoms with Gasteiger partial charge in [0.05, 0.1) is 5.52 Å². The molecule has 0 saturated heterocycles. The third-order valence-corrected chi connectivity index (χ3v) is 3.96. The molecule has 0 radical (unpaired) electrons. The van der Waals surface area contributed by atoms with Gasteiger partial charge in [0.15, 0.2) is 5.82 Å². The molecule has 0 unspecified atom stereocenters. The number of unbranched alkanes of at least 4 members (excludes halogenated alkanes) is 1. The maximum atomic E-state index is 4.64. The second-order valence-corrected chi connectivity index (χ2v) is 5.67. The van der Waals surface area contributed by atoms with Crippen LogP contribution in [0.2, 0.25) is 0 Å². The van der Waals surface area contributed by atoms with E-state index in [4.69, 9.17) is 0 Å². The maximum absolute atomic E-state index is 4.64. The van der Waals surface area contributed by atoms with E-state index in [-0.39, 0.29) is 0 Å². The quantitative estimate of drug-likeness (QED) is 0.794. The van der Waals surface area contributed by atoms with E-state index in [0.29, 0.717) is 12.0 Å². The molecule has 1 saturated carbocycles. The van der Waals surface area contributed by atoms with E-state index in [1.807, 2.05) is 12.1 Å². The minimum atomic E-state index is 0.522. The Kier molecular flexibility index (Phi) is 4.48. The zero-order chi connectivity index (χ0) is 14.5. The second-order valence-electron chi connectivity index (χ2n) is 5.67. The zero-order valence-corrected chi connectivity index (χ0v) is 12.6. The van der Waals surface area contributed by atoms with Gasteiger partial charge in [0.25, 0.3) is 0 Å². The van der Waals surface area contributed by atoms with Crippen LogP contribution >= 0.6 is 0 Å². The van der Waals surface area contributed by atoms with E-state index >= 15 is 0 Å². The molecule has 0 aliphatic heterocycles. The lowest BCUT2D eigenvalue weighted by Gasteiger charge is -2.15. The highest BCUT2D eigenvalue weighted by atomic mass is 15.2. The minimum absolute atomic E-state index is 0.522. The average Bonchev–Trinajstić information content (AvgIpc) is 3.01. The van der Waals surface area contributed by atoms with Gasteiger partial charge in [-0.15, -0.1) is 0 Å². The summed E-state index contributed by atoms with van der Waals surface area (Å²) in [6.07, 6.45) is 9.13. The first kappa shape index (κ1) is 14.0. The fourth-order valence-corrected chi connectivity index (χ4v) is 2.79. The second kappa shape index (κ2) is 6.70. The molecule has 2 N–H and O–H groups in total. The molecule has 2 aromatic rings. The molecule has 5 heteroatoms. The van der Waals surface area contributed by atoms with Crippen LogP contribution in [0, 0.1) is 0 Å². The van der Waals surface area contributed by atoms with Crippen molar-refractivity contribution in [1.82, 2.24) is 15.0 Å². The Labute approximate surface area is 125 Å². The first-order valence-corrected chi connectivity index (χ1v) is 8.00. The fourth-order valence-electron chi connectivity index (χ4n) is 2.79. The van der Waals surface area contributed by atoms with Crippen LogP contribution in [0.1, 0.15) is 45.4 Å². The van der Waals surface area contributed by atoms with Crippen molar-refractivity contribution in [3.63, 3.8) is 0 Å². The minimum Gasteiger partial charge on any atom is -0.365 e. The van der Waals surface area contributed by atoms with Crippen LogP contribution in [0.3, 0.4) is 0 Å². The maximum Gasteiger partial charge on any atom is 0.225 e. The normalized spacial score (nSPS) is 15.5. The number of hydrogen-bond acceptors (Lipinski definition) is 5. The van der Waals surface area contributed by atoms with Crippen LogP contribution < -0.4 is 10.6 Å². The van der Waals surface area contributed by atoms with Gasteiger partial charge in [0.2, 0.25) is 5.95 Å². The molecule has 0 amide bonds. The number of aromatic nitrogens is 3. The Morgan fingerprint density at radius 3 is 2.90 bits per heavy atom. The summed E-state index contributed by atoms with van der Waals surface area (Å²) in [7, 11) is 0. The predicted molar refractivity (Wildman–Crippen MR) is 86.6 cm³/mol. The third-order valence-electron chi connectivity index (χ3n) is 3.96. The number of nitrogens with one attached hydrogen (secondary N) is 2. The predicted octanol–water partition coefficient (Wildman–Crippen LogP) is 3.59. The van der Waals surface area contributed by atoms with Crippen LogP contribution in [-0.2, 0) is 0 Å². The van der Waals surface area contributed by atoms with Gasteiger partial charge in [0.1, 0.15) is 5.52 Å². The summed E-state index contributed by atoms with van der Waals surface area (Å²) < 4.78 is 0. The molecule has 112 valence electrons. The molecular weight excluding hydrogens is 262 g/mol. The van der Waals surface area contributed by atoms with Gasteiger partial charge in [0, 0.05) is 18.8 Å². The van der Waals surface area contributed by atoms with Crippen molar-refractivity contribution in [2.45, 2.75) is 51.5 Å².